The number of aldehydes is 1. The Labute approximate surface area is 230 Å². The number of hydrogen-bond donors (Lipinski definition) is 1. The zero-order valence-electron chi connectivity index (χ0n) is 23.2. The van der Waals surface area contributed by atoms with Crippen LogP contribution in [0, 0.1) is 0 Å². The van der Waals surface area contributed by atoms with Gasteiger partial charge in [0.15, 0.2) is 6.29 Å². The molecule has 4 heterocycles. The highest BCUT2D eigenvalue weighted by Gasteiger charge is 2.31. The Hall–Kier alpha value is -2.87. The number of aromatic nitrogens is 3. The molecule has 0 bridgehead atoms. The largest absolute Gasteiger partial charge is 0.477 e. The predicted molar refractivity (Wildman–Crippen MR) is 147 cm³/mol. The van der Waals surface area contributed by atoms with Crippen LogP contribution in [0.15, 0.2) is 17.2 Å². The van der Waals surface area contributed by atoms with Crippen molar-refractivity contribution < 1.29 is 22.7 Å². The summed E-state index contributed by atoms with van der Waals surface area (Å²) in [7, 11) is -1.79. The molecule has 0 aromatic carbocycles. The van der Waals surface area contributed by atoms with Gasteiger partial charge in [-0.25, -0.2) is 13.4 Å². The standard InChI is InChI=1S/C26H39N7O5S/c1-5-23-24(22(18-34)29-33(23)19-8-10-30(4)11-9-19)28-25(35)21-16-20(17-27-26(21)38-7-3)39(36,37)32-14-12-31(6-2)13-15-32/h16-19H,5-15H2,1-4H3,(H,28,35). The maximum atomic E-state index is 13.6. The number of carbonyl (C=O) groups is 2. The topological polar surface area (TPSA) is 130 Å². The molecule has 2 aliphatic heterocycles. The van der Waals surface area contributed by atoms with E-state index in [4.69, 9.17) is 4.74 Å². The van der Waals surface area contributed by atoms with Crippen LogP contribution in [0.3, 0.4) is 0 Å². The van der Waals surface area contributed by atoms with E-state index >= 15 is 0 Å². The van der Waals surface area contributed by atoms with E-state index in [-0.39, 0.29) is 34.7 Å². The van der Waals surface area contributed by atoms with Gasteiger partial charge in [0.2, 0.25) is 15.9 Å². The fourth-order valence-corrected chi connectivity index (χ4v) is 6.59. The molecule has 13 heteroatoms. The number of carbonyl (C=O) groups excluding carboxylic acids is 2. The molecule has 0 saturated carbocycles. The van der Waals surface area contributed by atoms with Crippen LogP contribution < -0.4 is 10.1 Å². The summed E-state index contributed by atoms with van der Waals surface area (Å²) >= 11 is 0. The Morgan fingerprint density at radius 1 is 1.13 bits per heavy atom. The van der Waals surface area contributed by atoms with Crippen molar-refractivity contribution >= 4 is 27.9 Å². The normalized spacial score (nSPS) is 18.3. The van der Waals surface area contributed by atoms with Crippen molar-refractivity contribution in [3.8, 4) is 5.88 Å². The molecule has 214 valence electrons. The Balaban J connectivity index is 1.65. The van der Waals surface area contributed by atoms with Gasteiger partial charge < -0.3 is 19.9 Å². The van der Waals surface area contributed by atoms with E-state index < -0.39 is 15.9 Å². The van der Waals surface area contributed by atoms with Crippen LogP contribution in [0.2, 0.25) is 0 Å². The van der Waals surface area contributed by atoms with E-state index in [1.165, 1.54) is 16.6 Å². The van der Waals surface area contributed by atoms with Crippen molar-refractivity contribution in [2.24, 2.45) is 0 Å². The smallest absolute Gasteiger partial charge is 0.261 e. The van der Waals surface area contributed by atoms with Crippen molar-refractivity contribution in [3.63, 3.8) is 0 Å². The monoisotopic (exact) mass is 561 g/mol. The summed E-state index contributed by atoms with van der Waals surface area (Å²) < 4.78 is 35.7. The van der Waals surface area contributed by atoms with Crippen LogP contribution in [0.1, 0.15) is 66.2 Å². The van der Waals surface area contributed by atoms with Gasteiger partial charge in [0, 0.05) is 26.2 Å². The molecular formula is C26H39N7O5S. The SMILES string of the molecule is CCOc1ncc(S(=O)(=O)N2CCN(CC)CC2)cc1C(=O)Nc1c(C=O)nn(C2CCN(C)CC2)c1CC. The van der Waals surface area contributed by atoms with E-state index in [2.05, 4.69) is 32.2 Å². The molecule has 1 N–H and O–H groups in total. The summed E-state index contributed by atoms with van der Waals surface area (Å²) in [6.45, 7) is 10.7. The van der Waals surface area contributed by atoms with Crippen molar-refractivity contribution in [2.45, 2.75) is 51.0 Å². The zero-order valence-corrected chi connectivity index (χ0v) is 24.0. The number of nitrogens with zero attached hydrogens (tertiary/aromatic N) is 6. The maximum Gasteiger partial charge on any atom is 0.261 e. The third-order valence-electron chi connectivity index (χ3n) is 7.52. The average Bonchev–Trinajstić information content (AvgIpc) is 3.30. The second-order valence-electron chi connectivity index (χ2n) is 9.91. The molecule has 2 aromatic rings. The first-order valence-corrected chi connectivity index (χ1v) is 15.1. The van der Waals surface area contributed by atoms with E-state index in [1.54, 1.807) is 6.92 Å². The molecule has 4 rings (SSSR count). The highest BCUT2D eigenvalue weighted by Crippen LogP contribution is 2.30. The molecule has 12 nitrogen and oxygen atoms in total. The van der Waals surface area contributed by atoms with Gasteiger partial charge in [-0.2, -0.15) is 9.40 Å². The summed E-state index contributed by atoms with van der Waals surface area (Å²) in [5.41, 5.74) is 1.21. The van der Waals surface area contributed by atoms with Crippen molar-refractivity contribution in [2.75, 3.05) is 64.8 Å². The maximum absolute atomic E-state index is 13.6. The first-order chi connectivity index (χ1) is 18.7. The number of amides is 1. The average molecular weight is 562 g/mol. The lowest BCUT2D eigenvalue weighted by Crippen LogP contribution is -2.48. The minimum absolute atomic E-state index is 0.0175. The predicted octanol–water partition coefficient (Wildman–Crippen LogP) is 1.90. The lowest BCUT2D eigenvalue weighted by molar-refractivity contribution is 0.102. The van der Waals surface area contributed by atoms with Crippen LogP contribution in [0.25, 0.3) is 0 Å². The number of ether oxygens (including phenoxy) is 1. The van der Waals surface area contributed by atoms with Crippen LogP contribution in [-0.4, -0.2) is 109 Å². The Kier molecular flexibility index (Phi) is 9.36. The molecular weight excluding hydrogens is 522 g/mol. The van der Waals surface area contributed by atoms with E-state index in [9.17, 15) is 18.0 Å². The third-order valence-corrected chi connectivity index (χ3v) is 9.39. The summed E-state index contributed by atoms with van der Waals surface area (Å²) in [5, 5.41) is 7.38. The second kappa shape index (κ2) is 12.5. The molecule has 2 aliphatic rings. The Morgan fingerprint density at radius 3 is 2.41 bits per heavy atom. The van der Waals surface area contributed by atoms with Crippen molar-refractivity contribution in [3.05, 3.63) is 29.2 Å². The van der Waals surface area contributed by atoms with Crippen LogP contribution in [0.4, 0.5) is 5.69 Å². The molecule has 0 spiro atoms. The number of likely N-dealkylation sites (tertiary alicyclic amines) is 1. The van der Waals surface area contributed by atoms with Gasteiger partial charge in [-0.3, -0.25) is 14.3 Å². The van der Waals surface area contributed by atoms with Gasteiger partial charge in [-0.15, -0.1) is 0 Å². The number of likely N-dealkylation sites (N-methyl/N-ethyl adjacent to an activating group) is 1. The van der Waals surface area contributed by atoms with E-state index in [0.29, 0.717) is 44.6 Å². The molecule has 39 heavy (non-hydrogen) atoms. The highest BCUT2D eigenvalue weighted by molar-refractivity contribution is 7.89. The minimum Gasteiger partial charge on any atom is -0.477 e. The first kappa shape index (κ1) is 29.1. The highest BCUT2D eigenvalue weighted by atomic mass is 32.2. The number of anilines is 1. The first-order valence-electron chi connectivity index (χ1n) is 13.6. The fourth-order valence-electron chi connectivity index (χ4n) is 5.19. The Morgan fingerprint density at radius 2 is 1.82 bits per heavy atom. The van der Waals surface area contributed by atoms with Gasteiger partial charge >= 0.3 is 0 Å². The molecule has 2 saturated heterocycles. The van der Waals surface area contributed by atoms with Crippen molar-refractivity contribution in [1.82, 2.24) is 28.9 Å². The number of piperidine rings is 1. The summed E-state index contributed by atoms with van der Waals surface area (Å²) in [5.74, 6) is -0.585. The van der Waals surface area contributed by atoms with Gasteiger partial charge in [-0.05, 0) is 58.9 Å². The van der Waals surface area contributed by atoms with Crippen LogP contribution >= 0.6 is 0 Å². The van der Waals surface area contributed by atoms with Gasteiger partial charge in [0.05, 0.1) is 30.2 Å². The molecule has 0 aliphatic carbocycles. The number of hydrogen-bond acceptors (Lipinski definition) is 9. The summed E-state index contributed by atoms with van der Waals surface area (Å²) in [4.78, 5) is 34.1. The third kappa shape index (κ3) is 6.16. The number of piperazine rings is 1. The van der Waals surface area contributed by atoms with E-state index in [0.717, 1.165) is 38.2 Å². The molecule has 0 atom stereocenters. The molecule has 0 radical (unpaired) electrons. The van der Waals surface area contributed by atoms with Gasteiger partial charge in [0.25, 0.3) is 5.91 Å². The van der Waals surface area contributed by atoms with Crippen molar-refractivity contribution in [1.29, 1.82) is 0 Å². The fraction of sp³-hybridized carbons (Fsp3) is 0.615. The molecule has 1 amide bonds. The number of rotatable bonds is 10. The van der Waals surface area contributed by atoms with Gasteiger partial charge in [0.1, 0.15) is 16.2 Å². The summed E-state index contributed by atoms with van der Waals surface area (Å²) in [6, 6.07) is 1.44. The Bertz CT molecular complexity index is 1280. The van der Waals surface area contributed by atoms with Gasteiger partial charge in [-0.1, -0.05) is 13.8 Å². The van der Waals surface area contributed by atoms with Crippen LogP contribution in [-0.2, 0) is 16.4 Å². The lowest BCUT2D eigenvalue weighted by atomic mass is 10.1. The number of sulfonamides is 1. The van der Waals surface area contributed by atoms with Crippen LogP contribution in [0.5, 0.6) is 5.88 Å². The molecule has 2 aromatic heterocycles. The summed E-state index contributed by atoms with van der Waals surface area (Å²) in [6.07, 6.45) is 4.20. The minimum atomic E-state index is -3.86. The molecule has 2 fully saturated rings. The zero-order chi connectivity index (χ0) is 28.2. The number of pyridine rings is 1. The quantitative estimate of drug-likeness (QED) is 0.432. The number of nitrogens with one attached hydrogen (secondary N) is 1. The second-order valence-corrected chi connectivity index (χ2v) is 11.8. The van der Waals surface area contributed by atoms with E-state index in [1.807, 2.05) is 18.5 Å². The lowest BCUT2D eigenvalue weighted by Gasteiger charge is -2.33. The molecule has 0 unspecified atom stereocenters.